The number of aromatic nitrogens is 5. The first-order valence-electron chi connectivity index (χ1n) is 13.4. The number of aryl methyl sites for hydroxylation is 1. The van der Waals surface area contributed by atoms with Gasteiger partial charge in [-0.05, 0) is 86.7 Å². The second-order valence-corrected chi connectivity index (χ2v) is 11.7. The molecule has 0 atom stereocenters. The summed E-state index contributed by atoms with van der Waals surface area (Å²) in [6.45, 7) is 3.15. The molecule has 0 saturated heterocycles. The molecule has 0 radical (unpaired) electrons. The fourth-order valence-electron chi connectivity index (χ4n) is 6.55. The number of fused-ring (bicyclic) bond motifs is 1. The molecule has 7 heteroatoms. The van der Waals surface area contributed by atoms with Gasteiger partial charge in [-0.2, -0.15) is 0 Å². The summed E-state index contributed by atoms with van der Waals surface area (Å²) in [5.74, 6) is 2.19. The first-order valence-corrected chi connectivity index (χ1v) is 13.4. The van der Waals surface area contributed by atoms with E-state index in [-0.39, 0.29) is 11.0 Å². The molecule has 186 valence electrons. The first kappa shape index (κ1) is 22.0. The van der Waals surface area contributed by atoms with Crippen molar-refractivity contribution in [3.05, 3.63) is 75.9 Å². The van der Waals surface area contributed by atoms with E-state index in [2.05, 4.69) is 70.6 Å². The van der Waals surface area contributed by atoms with Crippen LogP contribution in [0.15, 0.2) is 47.7 Å². The molecule has 0 aliphatic heterocycles. The minimum absolute atomic E-state index is 0.0292. The lowest BCUT2D eigenvalue weighted by atomic mass is 9.58. The van der Waals surface area contributed by atoms with E-state index in [0.29, 0.717) is 17.9 Å². The highest BCUT2D eigenvalue weighted by molar-refractivity contribution is 5.84. The number of hydrogen-bond acceptors (Lipinski definition) is 4. The number of aromatic amines is 1. The van der Waals surface area contributed by atoms with Gasteiger partial charge >= 0.3 is 0 Å². The Kier molecular flexibility index (Phi) is 4.84. The smallest absolute Gasteiger partial charge is 0.279 e. The lowest BCUT2D eigenvalue weighted by molar-refractivity contribution is 0.185. The molecular formula is C29H34N6O. The molecule has 7 nitrogen and oxygen atoms in total. The van der Waals surface area contributed by atoms with Crippen LogP contribution in [0.2, 0.25) is 0 Å². The number of hydrogen-bond donors (Lipinski definition) is 1. The predicted octanol–water partition coefficient (Wildman–Crippen LogP) is 4.63. The Morgan fingerprint density at radius 1 is 1.17 bits per heavy atom. The van der Waals surface area contributed by atoms with Crippen molar-refractivity contribution in [2.45, 2.75) is 69.4 Å². The number of rotatable bonds is 7. The minimum atomic E-state index is -0.152. The molecule has 3 saturated carbocycles. The predicted molar refractivity (Wildman–Crippen MR) is 141 cm³/mol. The molecule has 3 heterocycles. The average molecular weight is 483 g/mol. The largest absolute Gasteiger partial charge is 0.353 e. The quantitative estimate of drug-likeness (QED) is 0.417. The second-order valence-electron chi connectivity index (χ2n) is 11.7. The van der Waals surface area contributed by atoms with E-state index in [1.807, 2.05) is 16.2 Å². The Morgan fingerprint density at radius 3 is 2.64 bits per heavy atom. The van der Waals surface area contributed by atoms with Crippen molar-refractivity contribution >= 4 is 10.9 Å². The van der Waals surface area contributed by atoms with Crippen molar-refractivity contribution in [1.82, 2.24) is 29.2 Å². The topological polar surface area (TPSA) is 71.7 Å². The van der Waals surface area contributed by atoms with Crippen LogP contribution in [0.3, 0.4) is 0 Å². The summed E-state index contributed by atoms with van der Waals surface area (Å²) < 4.78 is 3.91. The van der Waals surface area contributed by atoms with Crippen LogP contribution in [0.5, 0.6) is 0 Å². The Morgan fingerprint density at radius 2 is 1.97 bits per heavy atom. The molecule has 3 fully saturated rings. The monoisotopic (exact) mass is 482 g/mol. The van der Waals surface area contributed by atoms with E-state index in [1.165, 1.54) is 36.8 Å². The van der Waals surface area contributed by atoms with Crippen molar-refractivity contribution in [3.8, 4) is 5.69 Å². The third kappa shape index (κ3) is 3.47. The zero-order valence-electron chi connectivity index (χ0n) is 21.4. The lowest BCUT2D eigenvalue weighted by Crippen LogP contribution is -2.43. The van der Waals surface area contributed by atoms with Gasteiger partial charge in [0.1, 0.15) is 17.7 Å². The summed E-state index contributed by atoms with van der Waals surface area (Å²) in [5.41, 5.74) is 5.19. The fraction of sp³-hybridized carbons (Fsp3) is 0.483. The molecule has 3 aliphatic rings. The van der Waals surface area contributed by atoms with Gasteiger partial charge in [0, 0.05) is 42.6 Å². The maximum atomic E-state index is 13.8. The standard InChI is InChI=1S/C29H34N6O/c1-18-13-29(14-18,28-32-30-17-34(28)3)20-5-4-6-23(11-20)35-16-25(19-7-8-19)24-12-21(31-26(24)27(35)36)15-33(2)22-9-10-22/h4-6,11-12,16-19,22,31H,7-10,13-15H2,1-3H3. The number of benzene rings is 1. The summed E-state index contributed by atoms with van der Waals surface area (Å²) in [5, 5.41) is 9.79. The number of H-pyrrole nitrogens is 1. The lowest BCUT2D eigenvalue weighted by Gasteiger charge is -2.46. The molecule has 0 amide bonds. The van der Waals surface area contributed by atoms with Crippen molar-refractivity contribution < 1.29 is 0 Å². The van der Waals surface area contributed by atoms with E-state index in [1.54, 1.807) is 6.33 Å². The second kappa shape index (κ2) is 7.90. The van der Waals surface area contributed by atoms with Crippen molar-refractivity contribution in [1.29, 1.82) is 0 Å². The van der Waals surface area contributed by atoms with Gasteiger partial charge in [-0.25, -0.2) is 0 Å². The van der Waals surface area contributed by atoms with Gasteiger partial charge in [0.15, 0.2) is 0 Å². The summed E-state index contributed by atoms with van der Waals surface area (Å²) >= 11 is 0. The third-order valence-electron chi connectivity index (χ3n) is 8.70. The van der Waals surface area contributed by atoms with Gasteiger partial charge in [0.2, 0.25) is 0 Å². The Bertz CT molecular complexity index is 1510. The molecule has 7 rings (SSSR count). The van der Waals surface area contributed by atoms with Crippen LogP contribution in [0.4, 0.5) is 0 Å². The van der Waals surface area contributed by atoms with Gasteiger partial charge in [-0.3, -0.25) is 14.3 Å². The summed E-state index contributed by atoms with van der Waals surface area (Å²) in [4.78, 5) is 19.8. The van der Waals surface area contributed by atoms with Crippen molar-refractivity contribution in [2.75, 3.05) is 7.05 Å². The van der Waals surface area contributed by atoms with Crippen molar-refractivity contribution in [2.24, 2.45) is 13.0 Å². The van der Waals surface area contributed by atoms with Crippen LogP contribution in [-0.4, -0.2) is 42.3 Å². The van der Waals surface area contributed by atoms with Crippen LogP contribution in [0.1, 0.15) is 74.0 Å². The van der Waals surface area contributed by atoms with Crippen molar-refractivity contribution in [3.63, 3.8) is 0 Å². The first-order chi connectivity index (χ1) is 17.4. The zero-order chi connectivity index (χ0) is 24.6. The van der Waals surface area contributed by atoms with E-state index < -0.39 is 0 Å². The molecule has 3 aliphatic carbocycles. The van der Waals surface area contributed by atoms with E-state index in [0.717, 1.165) is 47.5 Å². The molecule has 3 aromatic heterocycles. The van der Waals surface area contributed by atoms with E-state index in [9.17, 15) is 4.79 Å². The summed E-state index contributed by atoms with van der Waals surface area (Å²) in [6.07, 6.45) is 10.9. The van der Waals surface area contributed by atoms with Gasteiger partial charge in [-0.1, -0.05) is 19.1 Å². The highest BCUT2D eigenvalue weighted by Gasteiger charge is 2.48. The zero-order valence-corrected chi connectivity index (χ0v) is 21.4. The molecule has 0 bridgehead atoms. The van der Waals surface area contributed by atoms with Crippen LogP contribution in [0.25, 0.3) is 16.6 Å². The highest BCUT2D eigenvalue weighted by atomic mass is 16.1. The van der Waals surface area contributed by atoms with Crippen LogP contribution in [-0.2, 0) is 19.0 Å². The Balaban J connectivity index is 1.33. The van der Waals surface area contributed by atoms with Gasteiger partial charge < -0.3 is 9.55 Å². The Labute approximate surface area is 211 Å². The van der Waals surface area contributed by atoms with E-state index in [4.69, 9.17) is 0 Å². The normalized spacial score (nSPS) is 23.9. The summed E-state index contributed by atoms with van der Waals surface area (Å²) in [7, 11) is 4.21. The van der Waals surface area contributed by atoms with E-state index >= 15 is 0 Å². The molecule has 1 aromatic carbocycles. The molecule has 36 heavy (non-hydrogen) atoms. The molecule has 0 spiro atoms. The third-order valence-corrected chi connectivity index (χ3v) is 8.70. The molecule has 1 N–H and O–H groups in total. The molecule has 0 unspecified atom stereocenters. The van der Waals surface area contributed by atoms with Gasteiger partial charge in [0.25, 0.3) is 5.56 Å². The molecule has 4 aromatic rings. The average Bonchev–Trinajstić information content (AvgIpc) is 3.78. The SMILES string of the molecule is CC1CC(c2cccc(-n3cc(C4CC4)c4cc(CN(C)C5CC5)[nH]c4c3=O)c2)(c2nncn2C)C1. The highest BCUT2D eigenvalue weighted by Crippen LogP contribution is 2.51. The maximum absolute atomic E-state index is 13.8. The summed E-state index contributed by atoms with van der Waals surface area (Å²) in [6, 6.07) is 11.5. The number of pyridine rings is 1. The number of nitrogens with one attached hydrogen (secondary N) is 1. The van der Waals surface area contributed by atoms with Gasteiger partial charge in [-0.15, -0.1) is 10.2 Å². The van der Waals surface area contributed by atoms with Crippen LogP contribution >= 0.6 is 0 Å². The molecular weight excluding hydrogens is 448 g/mol. The maximum Gasteiger partial charge on any atom is 0.279 e. The minimum Gasteiger partial charge on any atom is -0.353 e. The van der Waals surface area contributed by atoms with Crippen LogP contribution in [0, 0.1) is 5.92 Å². The number of nitrogens with zero attached hydrogens (tertiary/aromatic N) is 5. The van der Waals surface area contributed by atoms with Gasteiger partial charge in [0.05, 0.1) is 5.41 Å². The fourth-order valence-corrected chi connectivity index (χ4v) is 6.55. The van der Waals surface area contributed by atoms with Crippen LogP contribution < -0.4 is 5.56 Å². The Hall–Kier alpha value is -3.19.